The van der Waals surface area contributed by atoms with Gasteiger partial charge in [0.2, 0.25) is 0 Å². The summed E-state index contributed by atoms with van der Waals surface area (Å²) in [7, 11) is -2.61. The summed E-state index contributed by atoms with van der Waals surface area (Å²) < 4.78 is 46.0. The van der Waals surface area contributed by atoms with E-state index in [0.717, 1.165) is 14.8 Å². The summed E-state index contributed by atoms with van der Waals surface area (Å²) in [4.78, 5) is 14.0. The van der Waals surface area contributed by atoms with Crippen LogP contribution >= 0.6 is 50.9 Å². The van der Waals surface area contributed by atoms with Crippen LogP contribution in [0.15, 0.2) is 98.2 Å². The van der Waals surface area contributed by atoms with E-state index in [1.807, 2.05) is 13.2 Å². The van der Waals surface area contributed by atoms with Crippen molar-refractivity contribution in [2.75, 3.05) is 30.8 Å². The van der Waals surface area contributed by atoms with Crippen molar-refractivity contribution in [3.63, 3.8) is 0 Å². The molecule has 0 aromatic heterocycles. The Morgan fingerprint density at radius 3 is 2.37 bits per heavy atom. The van der Waals surface area contributed by atoms with Crippen LogP contribution in [0.3, 0.4) is 0 Å². The number of anilines is 1. The lowest BCUT2D eigenvalue weighted by Crippen LogP contribution is -2.39. The molecule has 46 heavy (non-hydrogen) atoms. The topological polar surface area (TPSA) is 107 Å². The molecule has 242 valence electrons. The van der Waals surface area contributed by atoms with Gasteiger partial charge >= 0.3 is 0 Å². The molecule has 0 unspecified atom stereocenters. The van der Waals surface area contributed by atoms with Gasteiger partial charge in [-0.15, -0.1) is 11.8 Å². The summed E-state index contributed by atoms with van der Waals surface area (Å²) in [5.41, 5.74) is 4.03. The van der Waals surface area contributed by atoms with E-state index in [2.05, 4.69) is 26.5 Å². The van der Waals surface area contributed by atoms with Gasteiger partial charge in [0.15, 0.2) is 11.5 Å². The largest absolute Gasteiger partial charge is 0.494 e. The molecule has 4 aromatic carbocycles. The number of hydrogen-bond acceptors (Lipinski definition) is 8. The number of nitrogens with zero attached hydrogens (tertiary/aromatic N) is 2. The first-order valence-corrected chi connectivity index (χ1v) is 17.9. The average Bonchev–Trinajstić information content (AvgIpc) is 3.04. The van der Waals surface area contributed by atoms with Gasteiger partial charge in [-0.3, -0.25) is 9.10 Å². The number of thioether (sulfide) groups is 1. The van der Waals surface area contributed by atoms with E-state index in [0.29, 0.717) is 49.6 Å². The Morgan fingerprint density at radius 1 is 1.02 bits per heavy atom. The number of carbonyl (C=O) groups is 1. The van der Waals surface area contributed by atoms with Crippen LogP contribution in [0.2, 0.25) is 10.0 Å². The Hall–Kier alpha value is -3.42. The second-order valence-electron chi connectivity index (χ2n) is 9.47. The van der Waals surface area contributed by atoms with E-state index >= 15 is 0 Å². The predicted molar refractivity (Wildman–Crippen MR) is 188 cm³/mol. The highest BCUT2D eigenvalue weighted by Crippen LogP contribution is 2.37. The van der Waals surface area contributed by atoms with Gasteiger partial charge < -0.3 is 14.2 Å². The Bertz CT molecular complexity index is 1810. The molecule has 0 heterocycles. The number of halogens is 3. The quantitative estimate of drug-likeness (QED) is 0.0793. The molecule has 0 aliphatic carbocycles. The number of ether oxygens (including phenoxy) is 3. The molecule has 9 nitrogen and oxygen atoms in total. The molecule has 0 bridgehead atoms. The number of amides is 1. The standard InChI is InChI=1S/C32H30BrCl2N3O6S2/c1-4-43-25-9-7-24(8-10-25)38(46(40,41)27-13-11-26(45-3)12-14-27)19-31(39)37-36-18-21-15-28(33)32(30(16-21)42-2)44-20-22-5-6-23(34)17-29(22)35/h5-18H,4,19-20H2,1-3H3,(H,37,39). The van der Waals surface area contributed by atoms with Gasteiger partial charge in [-0.2, -0.15) is 5.10 Å². The molecule has 14 heteroatoms. The summed E-state index contributed by atoms with van der Waals surface area (Å²) in [6, 6.07) is 21.5. The minimum atomic E-state index is -4.11. The highest BCUT2D eigenvalue weighted by molar-refractivity contribution is 9.10. The maximum atomic E-state index is 13.7. The zero-order chi connectivity index (χ0) is 33.3. The van der Waals surface area contributed by atoms with Crippen LogP contribution in [0, 0.1) is 0 Å². The molecular weight excluding hydrogens is 737 g/mol. The van der Waals surface area contributed by atoms with E-state index in [-0.39, 0.29) is 11.5 Å². The van der Waals surface area contributed by atoms with Crippen LogP contribution in [-0.2, 0) is 21.4 Å². The highest BCUT2D eigenvalue weighted by Gasteiger charge is 2.27. The second kappa shape index (κ2) is 16.4. The Balaban J connectivity index is 1.50. The molecule has 0 atom stereocenters. The molecule has 1 N–H and O–H groups in total. The van der Waals surface area contributed by atoms with Crippen molar-refractivity contribution >= 4 is 78.7 Å². The summed E-state index contributed by atoms with van der Waals surface area (Å²) in [5, 5.41) is 5.05. The fourth-order valence-electron chi connectivity index (χ4n) is 4.15. The fourth-order valence-corrected chi connectivity index (χ4v) is 7.02. The number of hydrogen-bond donors (Lipinski definition) is 1. The zero-order valence-electron chi connectivity index (χ0n) is 25.0. The summed E-state index contributed by atoms with van der Waals surface area (Å²) in [6.07, 6.45) is 3.30. The first kappa shape index (κ1) is 35.4. The second-order valence-corrected chi connectivity index (χ2v) is 13.9. The molecule has 0 fully saturated rings. The minimum Gasteiger partial charge on any atom is -0.494 e. The lowest BCUT2D eigenvalue weighted by molar-refractivity contribution is -0.119. The fraction of sp³-hybridized carbons (Fsp3) is 0.188. The SMILES string of the molecule is CCOc1ccc(N(CC(=O)NN=Cc2cc(Br)c(OCc3ccc(Cl)cc3Cl)c(OC)c2)S(=O)(=O)c2ccc(SC)cc2)cc1. The summed E-state index contributed by atoms with van der Waals surface area (Å²) in [6.45, 7) is 1.96. The molecule has 0 spiro atoms. The Kier molecular flexibility index (Phi) is 12.6. The first-order chi connectivity index (χ1) is 22.0. The number of benzene rings is 4. The molecule has 4 rings (SSSR count). The third-order valence-corrected chi connectivity index (χ3v) is 10.1. The summed E-state index contributed by atoms with van der Waals surface area (Å²) in [5.74, 6) is 0.776. The molecule has 0 radical (unpaired) electrons. The normalized spacial score (nSPS) is 11.3. The lowest BCUT2D eigenvalue weighted by atomic mass is 10.2. The Labute approximate surface area is 291 Å². The maximum Gasteiger partial charge on any atom is 0.264 e. The van der Waals surface area contributed by atoms with Crippen molar-refractivity contribution in [2.24, 2.45) is 5.10 Å². The number of hydrazone groups is 1. The van der Waals surface area contributed by atoms with Gasteiger partial charge in [0.25, 0.3) is 15.9 Å². The van der Waals surface area contributed by atoms with Gasteiger partial charge in [0.1, 0.15) is 18.9 Å². The van der Waals surface area contributed by atoms with Gasteiger partial charge in [-0.25, -0.2) is 13.8 Å². The van der Waals surface area contributed by atoms with E-state index in [4.69, 9.17) is 37.4 Å². The average molecular weight is 768 g/mol. The number of rotatable bonds is 14. The molecule has 0 aliphatic rings. The first-order valence-electron chi connectivity index (χ1n) is 13.7. The van der Waals surface area contributed by atoms with Gasteiger partial charge in [0.05, 0.1) is 35.0 Å². The van der Waals surface area contributed by atoms with Crippen LogP contribution in [0.1, 0.15) is 18.1 Å². The molecule has 0 aliphatic heterocycles. The van der Waals surface area contributed by atoms with Gasteiger partial charge in [-0.05, 0) is 107 Å². The number of carbonyl (C=O) groups excluding carboxylic acids is 1. The van der Waals surface area contributed by atoms with Crippen molar-refractivity contribution in [2.45, 2.75) is 23.3 Å². The third kappa shape index (κ3) is 9.10. The van der Waals surface area contributed by atoms with Gasteiger partial charge in [-0.1, -0.05) is 29.3 Å². The molecular formula is C32H30BrCl2N3O6S2. The van der Waals surface area contributed by atoms with Crippen LogP contribution < -0.4 is 23.9 Å². The Morgan fingerprint density at radius 2 is 1.74 bits per heavy atom. The van der Waals surface area contributed by atoms with Crippen molar-refractivity contribution in [1.29, 1.82) is 0 Å². The smallest absolute Gasteiger partial charge is 0.264 e. The van der Waals surface area contributed by atoms with E-state index in [1.165, 1.54) is 37.2 Å². The number of sulfonamides is 1. The zero-order valence-corrected chi connectivity index (χ0v) is 29.7. The van der Waals surface area contributed by atoms with Crippen molar-refractivity contribution in [3.05, 3.63) is 105 Å². The van der Waals surface area contributed by atoms with Crippen molar-refractivity contribution in [3.8, 4) is 17.2 Å². The van der Waals surface area contributed by atoms with E-state index < -0.39 is 22.5 Å². The number of nitrogens with one attached hydrogen (secondary N) is 1. The van der Waals surface area contributed by atoms with Gasteiger partial charge in [0, 0.05) is 20.5 Å². The van der Waals surface area contributed by atoms with E-state index in [1.54, 1.807) is 66.7 Å². The molecule has 0 saturated carbocycles. The van der Waals surface area contributed by atoms with E-state index in [9.17, 15) is 13.2 Å². The highest BCUT2D eigenvalue weighted by atomic mass is 79.9. The third-order valence-electron chi connectivity index (χ3n) is 6.41. The monoisotopic (exact) mass is 765 g/mol. The minimum absolute atomic E-state index is 0.0491. The maximum absolute atomic E-state index is 13.7. The van der Waals surface area contributed by atoms with Crippen LogP contribution in [0.4, 0.5) is 5.69 Å². The summed E-state index contributed by atoms with van der Waals surface area (Å²) >= 11 is 17.2. The van der Waals surface area contributed by atoms with Crippen molar-refractivity contribution in [1.82, 2.24) is 5.43 Å². The van der Waals surface area contributed by atoms with Crippen LogP contribution in [0.5, 0.6) is 17.2 Å². The van der Waals surface area contributed by atoms with Crippen LogP contribution in [-0.4, -0.2) is 47.1 Å². The number of methoxy groups -OCH3 is 1. The van der Waals surface area contributed by atoms with Crippen LogP contribution in [0.25, 0.3) is 0 Å². The lowest BCUT2D eigenvalue weighted by Gasteiger charge is -2.24. The molecule has 4 aromatic rings. The molecule has 0 saturated heterocycles. The predicted octanol–water partition coefficient (Wildman–Crippen LogP) is 7.81. The van der Waals surface area contributed by atoms with Crippen molar-refractivity contribution < 1.29 is 27.4 Å². The molecule has 1 amide bonds.